The lowest BCUT2D eigenvalue weighted by Gasteiger charge is -2.05. The molecule has 0 bridgehead atoms. The molecule has 1 aromatic carbocycles. The summed E-state index contributed by atoms with van der Waals surface area (Å²) in [5.41, 5.74) is 4.81. The van der Waals surface area contributed by atoms with E-state index < -0.39 is 0 Å². The molecule has 0 radical (unpaired) electrons. The summed E-state index contributed by atoms with van der Waals surface area (Å²) < 4.78 is 1.16. The van der Waals surface area contributed by atoms with Crippen molar-refractivity contribution in [2.75, 3.05) is 5.32 Å². The molecule has 1 N–H and O–H groups in total. The van der Waals surface area contributed by atoms with Crippen LogP contribution in [0.1, 0.15) is 0 Å². The van der Waals surface area contributed by atoms with Crippen molar-refractivity contribution in [1.82, 2.24) is 9.97 Å². The number of halogens is 1. The number of pyridine rings is 1. The van der Waals surface area contributed by atoms with E-state index in [2.05, 4.69) is 21.4 Å². The Labute approximate surface area is 107 Å². The minimum Gasteiger partial charge on any atom is -0.355 e. The van der Waals surface area contributed by atoms with Crippen molar-refractivity contribution >= 4 is 44.5 Å². The van der Waals surface area contributed by atoms with Gasteiger partial charge in [0.05, 0.1) is 15.7 Å². The van der Waals surface area contributed by atoms with Gasteiger partial charge in [-0.15, -0.1) is 11.3 Å². The molecule has 0 aliphatic carbocycles. The van der Waals surface area contributed by atoms with E-state index in [-0.39, 0.29) is 0 Å². The second-order valence-corrected chi connectivity index (χ2v) is 4.80. The summed E-state index contributed by atoms with van der Waals surface area (Å²) in [5.74, 6) is 0. The van der Waals surface area contributed by atoms with Crippen molar-refractivity contribution in [2.24, 2.45) is 0 Å². The number of rotatable bonds is 2. The van der Waals surface area contributed by atoms with Gasteiger partial charge in [0.15, 0.2) is 0 Å². The molecule has 5 heteroatoms. The van der Waals surface area contributed by atoms with E-state index in [9.17, 15) is 0 Å². The topological polar surface area (TPSA) is 37.8 Å². The fourth-order valence-corrected chi connectivity index (χ4v) is 2.47. The summed E-state index contributed by atoms with van der Waals surface area (Å²) in [7, 11) is 0. The van der Waals surface area contributed by atoms with Gasteiger partial charge in [0.1, 0.15) is 5.15 Å². The van der Waals surface area contributed by atoms with E-state index >= 15 is 0 Å². The largest absolute Gasteiger partial charge is 0.355 e. The number of nitrogens with one attached hydrogen (secondary N) is 1. The molecule has 0 atom stereocenters. The van der Waals surface area contributed by atoms with Crippen molar-refractivity contribution < 1.29 is 0 Å². The number of thiazole rings is 1. The lowest BCUT2D eigenvalue weighted by Crippen LogP contribution is -1.90. The van der Waals surface area contributed by atoms with Crippen LogP contribution in [0.3, 0.4) is 0 Å². The van der Waals surface area contributed by atoms with Crippen LogP contribution in [0.5, 0.6) is 0 Å². The highest BCUT2D eigenvalue weighted by Gasteiger charge is 2.00. The van der Waals surface area contributed by atoms with Crippen molar-refractivity contribution in [3.05, 3.63) is 47.2 Å². The lowest BCUT2D eigenvalue weighted by molar-refractivity contribution is 1.32. The van der Waals surface area contributed by atoms with Gasteiger partial charge in [-0.2, -0.15) is 0 Å². The highest BCUT2D eigenvalue weighted by Crippen LogP contribution is 2.24. The van der Waals surface area contributed by atoms with Gasteiger partial charge in [-0.1, -0.05) is 11.6 Å². The molecule has 0 aliphatic heterocycles. The summed E-state index contributed by atoms with van der Waals surface area (Å²) in [6, 6.07) is 9.73. The molecule has 84 valence electrons. The Bertz CT molecular complexity index is 665. The number of aromatic nitrogens is 2. The van der Waals surface area contributed by atoms with Gasteiger partial charge in [0, 0.05) is 17.6 Å². The van der Waals surface area contributed by atoms with E-state index in [1.165, 1.54) is 0 Å². The molecular formula is C12H8ClN3S. The van der Waals surface area contributed by atoms with Crippen LogP contribution in [-0.2, 0) is 0 Å². The zero-order valence-electron chi connectivity index (χ0n) is 8.72. The molecule has 17 heavy (non-hydrogen) atoms. The molecule has 3 aromatic rings. The molecule has 0 saturated carbocycles. The molecule has 0 amide bonds. The zero-order valence-corrected chi connectivity index (χ0v) is 10.3. The van der Waals surface area contributed by atoms with Crippen LogP contribution in [0.25, 0.3) is 10.2 Å². The second kappa shape index (κ2) is 4.31. The highest BCUT2D eigenvalue weighted by atomic mass is 35.5. The van der Waals surface area contributed by atoms with Gasteiger partial charge >= 0.3 is 0 Å². The predicted molar refractivity (Wildman–Crippen MR) is 72.1 cm³/mol. The maximum Gasteiger partial charge on any atom is 0.131 e. The van der Waals surface area contributed by atoms with Crippen molar-refractivity contribution in [3.8, 4) is 0 Å². The normalized spacial score (nSPS) is 10.6. The fourth-order valence-electron chi connectivity index (χ4n) is 1.58. The standard InChI is InChI=1S/C12H8ClN3S/c13-12-6-9(3-4-14-12)16-8-1-2-10-11(5-8)17-7-15-10/h1-7H,(H,14,16). The van der Waals surface area contributed by atoms with Crippen LogP contribution in [0.15, 0.2) is 42.0 Å². The Hall–Kier alpha value is -1.65. The lowest BCUT2D eigenvalue weighted by atomic mass is 10.3. The SMILES string of the molecule is Clc1cc(Nc2ccc3ncsc3c2)ccn1. The Balaban J connectivity index is 1.94. The van der Waals surface area contributed by atoms with Gasteiger partial charge in [0.25, 0.3) is 0 Å². The first kappa shape index (κ1) is 10.5. The van der Waals surface area contributed by atoms with E-state index in [4.69, 9.17) is 11.6 Å². The molecule has 0 saturated heterocycles. The maximum absolute atomic E-state index is 5.83. The number of anilines is 2. The van der Waals surface area contributed by atoms with E-state index in [1.807, 2.05) is 23.7 Å². The fraction of sp³-hybridized carbons (Fsp3) is 0. The van der Waals surface area contributed by atoms with E-state index in [1.54, 1.807) is 23.6 Å². The summed E-state index contributed by atoms with van der Waals surface area (Å²) in [6.07, 6.45) is 1.68. The molecule has 2 aromatic heterocycles. The van der Waals surface area contributed by atoms with Gasteiger partial charge in [-0.05, 0) is 30.3 Å². The number of fused-ring (bicyclic) bond motifs is 1. The molecule has 0 spiro atoms. The van der Waals surface area contributed by atoms with Gasteiger partial charge in [-0.3, -0.25) is 0 Å². The van der Waals surface area contributed by atoms with Crippen LogP contribution in [0.2, 0.25) is 5.15 Å². The van der Waals surface area contributed by atoms with Crippen LogP contribution in [-0.4, -0.2) is 9.97 Å². The van der Waals surface area contributed by atoms with Gasteiger partial charge < -0.3 is 5.32 Å². The van der Waals surface area contributed by atoms with Crippen LogP contribution in [0, 0.1) is 0 Å². The number of hydrogen-bond donors (Lipinski definition) is 1. The molecule has 0 unspecified atom stereocenters. The van der Waals surface area contributed by atoms with Crippen LogP contribution >= 0.6 is 22.9 Å². The summed E-state index contributed by atoms with van der Waals surface area (Å²) in [5, 5.41) is 3.76. The molecule has 3 rings (SSSR count). The Morgan fingerprint density at radius 1 is 1.06 bits per heavy atom. The Morgan fingerprint density at radius 2 is 1.94 bits per heavy atom. The summed E-state index contributed by atoms with van der Waals surface area (Å²) >= 11 is 7.46. The van der Waals surface area contributed by atoms with Crippen molar-refractivity contribution in [3.63, 3.8) is 0 Å². The summed E-state index contributed by atoms with van der Waals surface area (Å²) in [4.78, 5) is 8.18. The molecule has 2 heterocycles. The number of hydrogen-bond acceptors (Lipinski definition) is 4. The average Bonchev–Trinajstić information content (AvgIpc) is 2.76. The summed E-state index contributed by atoms with van der Waals surface area (Å²) in [6.45, 7) is 0. The van der Waals surface area contributed by atoms with Crippen LogP contribution in [0.4, 0.5) is 11.4 Å². The van der Waals surface area contributed by atoms with E-state index in [0.29, 0.717) is 5.15 Å². The Morgan fingerprint density at radius 3 is 2.82 bits per heavy atom. The zero-order chi connectivity index (χ0) is 11.7. The molecule has 0 fully saturated rings. The minimum atomic E-state index is 0.480. The number of benzene rings is 1. The highest BCUT2D eigenvalue weighted by molar-refractivity contribution is 7.16. The Kier molecular flexibility index (Phi) is 2.66. The van der Waals surface area contributed by atoms with Crippen molar-refractivity contribution in [1.29, 1.82) is 0 Å². The molecular weight excluding hydrogens is 254 g/mol. The first-order chi connectivity index (χ1) is 8.31. The molecule has 0 aliphatic rings. The first-order valence-electron chi connectivity index (χ1n) is 5.03. The quantitative estimate of drug-likeness (QED) is 0.706. The van der Waals surface area contributed by atoms with Crippen molar-refractivity contribution in [2.45, 2.75) is 0 Å². The first-order valence-corrected chi connectivity index (χ1v) is 6.29. The number of nitrogens with zero attached hydrogens (tertiary/aromatic N) is 2. The van der Waals surface area contributed by atoms with E-state index in [0.717, 1.165) is 21.6 Å². The third kappa shape index (κ3) is 2.23. The smallest absolute Gasteiger partial charge is 0.131 e. The maximum atomic E-state index is 5.83. The monoisotopic (exact) mass is 261 g/mol. The third-order valence-corrected chi connectivity index (χ3v) is 3.34. The molecule has 3 nitrogen and oxygen atoms in total. The third-order valence-electron chi connectivity index (χ3n) is 2.35. The predicted octanol–water partition coefficient (Wildman–Crippen LogP) is 4.09. The average molecular weight is 262 g/mol. The second-order valence-electron chi connectivity index (χ2n) is 3.53. The van der Waals surface area contributed by atoms with Gasteiger partial charge in [0.2, 0.25) is 0 Å². The van der Waals surface area contributed by atoms with Gasteiger partial charge in [-0.25, -0.2) is 9.97 Å². The van der Waals surface area contributed by atoms with Crippen LogP contribution < -0.4 is 5.32 Å². The minimum absolute atomic E-state index is 0.480.